The Hall–Kier alpha value is -3.31. The van der Waals surface area contributed by atoms with Crippen LogP contribution in [-0.2, 0) is 23.3 Å². The number of halogens is 1. The molecule has 5 rings (SSSR count). The molecule has 184 valence electrons. The van der Waals surface area contributed by atoms with Crippen molar-refractivity contribution in [2.45, 2.75) is 12.8 Å². The number of rotatable bonds is 7. The van der Waals surface area contributed by atoms with Crippen molar-refractivity contribution in [3.05, 3.63) is 54.4 Å². The van der Waals surface area contributed by atoms with Crippen LogP contribution < -0.4 is 5.32 Å². The lowest BCUT2D eigenvalue weighted by molar-refractivity contribution is 0.292. The van der Waals surface area contributed by atoms with Crippen LogP contribution in [0.5, 0.6) is 0 Å². The smallest absolute Gasteiger partial charge is 0.166 e. The number of hydrogen-bond acceptors (Lipinski definition) is 7. The van der Waals surface area contributed by atoms with Crippen LogP contribution in [0, 0.1) is 5.82 Å². The van der Waals surface area contributed by atoms with Crippen molar-refractivity contribution in [1.82, 2.24) is 29.2 Å². The normalized spacial score (nSPS) is 16.1. The summed E-state index contributed by atoms with van der Waals surface area (Å²) in [5.41, 5.74) is 4.05. The zero-order valence-corrected chi connectivity index (χ0v) is 20.6. The van der Waals surface area contributed by atoms with Gasteiger partial charge in [-0.2, -0.15) is 5.10 Å². The van der Waals surface area contributed by atoms with Crippen LogP contribution in [-0.4, -0.2) is 75.8 Å². The van der Waals surface area contributed by atoms with Gasteiger partial charge in [0, 0.05) is 56.7 Å². The van der Waals surface area contributed by atoms with Crippen molar-refractivity contribution >= 4 is 26.7 Å². The minimum absolute atomic E-state index is 0.196. The Morgan fingerprint density at radius 3 is 2.63 bits per heavy atom. The number of hydrogen-bond donors (Lipinski definition) is 1. The number of anilines is 1. The third-order valence-electron chi connectivity index (χ3n) is 6.43. The Morgan fingerprint density at radius 2 is 1.94 bits per heavy atom. The molecule has 0 spiro atoms. The largest absolute Gasteiger partial charge is 0.371 e. The summed E-state index contributed by atoms with van der Waals surface area (Å²) in [6.45, 7) is 2.05. The van der Waals surface area contributed by atoms with Gasteiger partial charge < -0.3 is 10.2 Å². The van der Waals surface area contributed by atoms with Crippen LogP contribution in [0.2, 0.25) is 0 Å². The highest BCUT2D eigenvalue weighted by Gasteiger charge is 2.21. The predicted molar refractivity (Wildman–Crippen MR) is 134 cm³/mol. The van der Waals surface area contributed by atoms with Crippen molar-refractivity contribution < 1.29 is 12.8 Å². The van der Waals surface area contributed by atoms with E-state index in [1.54, 1.807) is 24.1 Å². The molecular formula is C24H28FN7O2S. The van der Waals surface area contributed by atoms with Gasteiger partial charge in [0.05, 0.1) is 29.1 Å². The Bertz CT molecular complexity index is 1460. The van der Waals surface area contributed by atoms with Crippen molar-refractivity contribution in [2.75, 3.05) is 43.5 Å². The second kappa shape index (κ2) is 9.38. The Balaban J connectivity index is 1.44. The molecule has 1 aliphatic heterocycles. The third kappa shape index (κ3) is 4.92. The van der Waals surface area contributed by atoms with Crippen LogP contribution >= 0.6 is 0 Å². The second-order valence-corrected chi connectivity index (χ2v) is 11.2. The lowest BCUT2D eigenvalue weighted by Gasteiger charge is -2.26. The molecule has 4 aromatic rings. The maximum Gasteiger partial charge on any atom is 0.166 e. The molecular weight excluding hydrogens is 469 g/mol. The van der Waals surface area contributed by atoms with E-state index < -0.39 is 15.7 Å². The fourth-order valence-electron chi connectivity index (χ4n) is 4.49. The number of nitrogens with one attached hydrogen (secondary N) is 1. The predicted octanol–water partition coefficient (Wildman–Crippen LogP) is 2.66. The van der Waals surface area contributed by atoms with Gasteiger partial charge >= 0.3 is 0 Å². The quantitative estimate of drug-likeness (QED) is 0.419. The molecule has 0 radical (unpaired) electrons. The fraction of sp³-hybridized carbons (Fsp3) is 0.375. The van der Waals surface area contributed by atoms with E-state index >= 15 is 0 Å². The molecule has 0 aliphatic carbocycles. The third-order valence-corrected chi connectivity index (χ3v) is 8.04. The number of aromatic nitrogens is 5. The van der Waals surface area contributed by atoms with Gasteiger partial charge in [-0.25, -0.2) is 22.8 Å². The average Bonchev–Trinajstić information content (AvgIpc) is 3.43. The van der Waals surface area contributed by atoms with E-state index in [9.17, 15) is 12.8 Å². The number of fused-ring (bicyclic) bond motifs is 1. The van der Waals surface area contributed by atoms with Gasteiger partial charge in [-0.1, -0.05) is 0 Å². The topological polar surface area (TPSA) is 97.9 Å². The van der Waals surface area contributed by atoms with E-state index in [-0.39, 0.29) is 17.3 Å². The Labute approximate surface area is 203 Å². The average molecular weight is 498 g/mol. The van der Waals surface area contributed by atoms with Gasteiger partial charge in [0.25, 0.3) is 0 Å². The Kier molecular flexibility index (Phi) is 6.28. The first kappa shape index (κ1) is 23.4. The summed E-state index contributed by atoms with van der Waals surface area (Å²) in [6.07, 6.45) is 9.15. The molecule has 4 aromatic heterocycles. The molecule has 1 saturated heterocycles. The van der Waals surface area contributed by atoms with Gasteiger partial charge in [-0.15, -0.1) is 0 Å². The van der Waals surface area contributed by atoms with Gasteiger partial charge in [-0.05, 0) is 43.1 Å². The lowest BCUT2D eigenvalue weighted by atomic mass is 10.1. The van der Waals surface area contributed by atoms with Crippen molar-refractivity contribution in [2.24, 2.45) is 7.05 Å². The summed E-state index contributed by atoms with van der Waals surface area (Å²) in [4.78, 5) is 11.2. The van der Waals surface area contributed by atoms with E-state index in [1.807, 2.05) is 29.9 Å². The summed E-state index contributed by atoms with van der Waals surface area (Å²) < 4.78 is 41.5. The summed E-state index contributed by atoms with van der Waals surface area (Å²) >= 11 is 0. The minimum atomic E-state index is -2.87. The van der Waals surface area contributed by atoms with Gasteiger partial charge in [0.2, 0.25) is 0 Å². The minimum Gasteiger partial charge on any atom is -0.371 e. The van der Waals surface area contributed by atoms with Crippen LogP contribution in [0.15, 0.2) is 43.0 Å². The molecule has 5 heterocycles. The van der Waals surface area contributed by atoms with Crippen molar-refractivity contribution in [1.29, 1.82) is 0 Å². The molecule has 0 saturated carbocycles. The molecule has 0 atom stereocenters. The standard InChI is InChI=1S/C24H28FN7O2S/c1-26-23-21(25)12-18(13-27-23)22-6-5-20-17(4-3-7-31-8-10-35(33,34)11-9-31)15-32(24(20)29-22)19-14-28-30(2)16-19/h5-6,12-16H,3-4,7-11H2,1-2H3,(H,26,27). The molecule has 1 fully saturated rings. The number of aryl methyl sites for hydroxylation is 2. The van der Waals surface area contributed by atoms with Crippen molar-refractivity contribution in [3.8, 4) is 16.9 Å². The van der Waals surface area contributed by atoms with E-state index in [4.69, 9.17) is 4.98 Å². The van der Waals surface area contributed by atoms with E-state index in [0.717, 1.165) is 41.7 Å². The fourth-order valence-corrected chi connectivity index (χ4v) is 5.76. The summed E-state index contributed by atoms with van der Waals surface area (Å²) in [7, 11) is 0.623. The molecule has 11 heteroatoms. The first-order valence-electron chi connectivity index (χ1n) is 11.6. The molecule has 0 bridgehead atoms. The summed E-state index contributed by atoms with van der Waals surface area (Å²) in [5, 5.41) is 8.06. The van der Waals surface area contributed by atoms with Gasteiger partial charge in [0.15, 0.2) is 21.5 Å². The highest BCUT2D eigenvalue weighted by molar-refractivity contribution is 7.91. The molecule has 0 unspecified atom stereocenters. The zero-order chi connectivity index (χ0) is 24.6. The Morgan fingerprint density at radius 1 is 1.14 bits per heavy atom. The monoisotopic (exact) mass is 497 g/mol. The number of pyridine rings is 2. The molecule has 9 nitrogen and oxygen atoms in total. The van der Waals surface area contributed by atoms with Crippen LogP contribution in [0.3, 0.4) is 0 Å². The van der Waals surface area contributed by atoms with Crippen LogP contribution in [0.4, 0.5) is 10.2 Å². The van der Waals surface area contributed by atoms with Gasteiger partial charge in [0.1, 0.15) is 5.65 Å². The second-order valence-electron chi connectivity index (χ2n) is 8.87. The zero-order valence-electron chi connectivity index (χ0n) is 19.8. The number of nitrogens with zero attached hydrogens (tertiary/aromatic N) is 6. The molecule has 0 aromatic carbocycles. The van der Waals surface area contributed by atoms with E-state index in [1.165, 1.54) is 6.07 Å². The molecule has 0 amide bonds. The van der Waals surface area contributed by atoms with E-state index in [2.05, 4.69) is 26.5 Å². The van der Waals surface area contributed by atoms with Crippen molar-refractivity contribution in [3.63, 3.8) is 0 Å². The first-order chi connectivity index (χ1) is 16.8. The van der Waals surface area contributed by atoms with Gasteiger partial charge in [-0.3, -0.25) is 9.25 Å². The highest BCUT2D eigenvalue weighted by Crippen LogP contribution is 2.28. The molecule has 1 N–H and O–H groups in total. The molecule has 35 heavy (non-hydrogen) atoms. The first-order valence-corrected chi connectivity index (χ1v) is 13.4. The number of sulfone groups is 1. The maximum atomic E-state index is 14.3. The SMILES string of the molecule is CNc1ncc(-c2ccc3c(CCCN4CCS(=O)(=O)CC4)cn(-c4cnn(C)c4)c3n2)cc1F. The van der Waals surface area contributed by atoms with E-state index in [0.29, 0.717) is 24.3 Å². The summed E-state index contributed by atoms with van der Waals surface area (Å²) in [5.74, 6) is 0.248. The highest BCUT2D eigenvalue weighted by atomic mass is 32.2. The molecule has 1 aliphatic rings. The van der Waals surface area contributed by atoms with Crippen LogP contribution in [0.1, 0.15) is 12.0 Å². The lowest BCUT2D eigenvalue weighted by Crippen LogP contribution is -2.40. The van der Waals surface area contributed by atoms with Crippen LogP contribution in [0.25, 0.3) is 28.0 Å². The maximum absolute atomic E-state index is 14.3. The summed E-state index contributed by atoms with van der Waals surface area (Å²) in [6, 6.07) is 5.35.